The Labute approximate surface area is 90.4 Å². The van der Waals surface area contributed by atoms with Crippen molar-refractivity contribution in [3.8, 4) is 6.07 Å². The van der Waals surface area contributed by atoms with Gasteiger partial charge in [-0.1, -0.05) is 0 Å². The highest BCUT2D eigenvalue weighted by Crippen LogP contribution is 2.24. The fourth-order valence-electron chi connectivity index (χ4n) is 2.13. The van der Waals surface area contributed by atoms with E-state index >= 15 is 0 Å². The van der Waals surface area contributed by atoms with Gasteiger partial charge in [-0.05, 0) is 38.3 Å². The standard InChI is InChI=1S/C12H15N3/c1-10-5-2-3-8-15(10)12-11(9-13)6-4-7-14-12/h4,6-7,10H,2-3,5,8H2,1H3/t10-/m0/s1. The average Bonchev–Trinajstić information content (AvgIpc) is 2.30. The summed E-state index contributed by atoms with van der Waals surface area (Å²) in [6.07, 6.45) is 5.44. The van der Waals surface area contributed by atoms with Crippen LogP contribution in [0.3, 0.4) is 0 Å². The molecule has 0 radical (unpaired) electrons. The fourth-order valence-corrected chi connectivity index (χ4v) is 2.13. The smallest absolute Gasteiger partial charge is 0.146 e. The Kier molecular flexibility index (Phi) is 2.86. The van der Waals surface area contributed by atoms with E-state index in [1.165, 1.54) is 19.3 Å². The van der Waals surface area contributed by atoms with Gasteiger partial charge in [0.05, 0.1) is 5.56 Å². The van der Waals surface area contributed by atoms with E-state index in [-0.39, 0.29) is 0 Å². The predicted octanol–water partition coefficient (Wildman–Crippen LogP) is 2.33. The lowest BCUT2D eigenvalue weighted by Crippen LogP contribution is -2.38. The van der Waals surface area contributed by atoms with Crippen LogP contribution >= 0.6 is 0 Å². The van der Waals surface area contributed by atoms with Gasteiger partial charge in [0.1, 0.15) is 11.9 Å². The zero-order chi connectivity index (χ0) is 10.7. The molecule has 0 N–H and O–H groups in total. The monoisotopic (exact) mass is 201 g/mol. The molecule has 78 valence electrons. The second kappa shape index (κ2) is 4.31. The van der Waals surface area contributed by atoms with Gasteiger partial charge in [-0.2, -0.15) is 5.26 Å². The van der Waals surface area contributed by atoms with Crippen LogP contribution in [-0.2, 0) is 0 Å². The molecular formula is C12H15N3. The molecule has 1 saturated heterocycles. The number of nitrogens with zero attached hydrogens (tertiary/aromatic N) is 3. The lowest BCUT2D eigenvalue weighted by atomic mass is 10.0. The van der Waals surface area contributed by atoms with E-state index in [2.05, 4.69) is 22.9 Å². The van der Waals surface area contributed by atoms with E-state index in [0.29, 0.717) is 11.6 Å². The van der Waals surface area contributed by atoms with Gasteiger partial charge >= 0.3 is 0 Å². The zero-order valence-corrected chi connectivity index (χ0v) is 8.98. The van der Waals surface area contributed by atoms with Crippen LogP contribution in [0.25, 0.3) is 0 Å². The summed E-state index contributed by atoms with van der Waals surface area (Å²) in [7, 11) is 0. The maximum absolute atomic E-state index is 9.02. The third-order valence-corrected chi connectivity index (χ3v) is 2.98. The molecule has 1 atom stereocenters. The van der Waals surface area contributed by atoms with Gasteiger partial charge in [0.15, 0.2) is 0 Å². The Balaban J connectivity index is 2.31. The highest BCUT2D eigenvalue weighted by molar-refractivity contribution is 5.54. The number of aromatic nitrogens is 1. The summed E-state index contributed by atoms with van der Waals surface area (Å²) in [6.45, 7) is 3.22. The summed E-state index contributed by atoms with van der Waals surface area (Å²) in [5.41, 5.74) is 0.686. The van der Waals surface area contributed by atoms with E-state index in [9.17, 15) is 0 Å². The van der Waals surface area contributed by atoms with Gasteiger partial charge in [-0.25, -0.2) is 4.98 Å². The molecule has 0 bridgehead atoms. The minimum Gasteiger partial charge on any atom is -0.353 e. The van der Waals surface area contributed by atoms with Crippen molar-refractivity contribution in [1.82, 2.24) is 4.98 Å². The third kappa shape index (κ3) is 1.94. The van der Waals surface area contributed by atoms with Crippen molar-refractivity contribution in [2.75, 3.05) is 11.4 Å². The Morgan fingerprint density at radius 3 is 3.13 bits per heavy atom. The highest BCUT2D eigenvalue weighted by atomic mass is 15.2. The van der Waals surface area contributed by atoms with Crippen LogP contribution in [-0.4, -0.2) is 17.6 Å². The van der Waals surface area contributed by atoms with Gasteiger partial charge in [0, 0.05) is 18.8 Å². The Morgan fingerprint density at radius 1 is 1.53 bits per heavy atom. The molecule has 2 rings (SSSR count). The van der Waals surface area contributed by atoms with E-state index in [1.807, 2.05) is 12.1 Å². The molecule has 1 fully saturated rings. The van der Waals surface area contributed by atoms with Crippen LogP contribution in [0.2, 0.25) is 0 Å². The van der Waals surface area contributed by atoms with Crippen molar-refractivity contribution in [3.63, 3.8) is 0 Å². The van der Waals surface area contributed by atoms with Crippen LogP contribution in [0.1, 0.15) is 31.7 Å². The lowest BCUT2D eigenvalue weighted by molar-refractivity contribution is 0.481. The van der Waals surface area contributed by atoms with Gasteiger partial charge in [-0.3, -0.25) is 0 Å². The molecule has 3 heteroatoms. The number of nitriles is 1. The molecule has 1 aliphatic rings. The molecule has 0 saturated carbocycles. The van der Waals surface area contributed by atoms with Crippen LogP contribution in [0.5, 0.6) is 0 Å². The van der Waals surface area contributed by atoms with Crippen LogP contribution in [0.4, 0.5) is 5.82 Å². The first-order valence-electron chi connectivity index (χ1n) is 5.44. The van der Waals surface area contributed by atoms with Crippen molar-refractivity contribution in [2.24, 2.45) is 0 Å². The second-order valence-electron chi connectivity index (χ2n) is 4.02. The average molecular weight is 201 g/mol. The first kappa shape index (κ1) is 9.97. The summed E-state index contributed by atoms with van der Waals surface area (Å²) < 4.78 is 0. The molecule has 0 spiro atoms. The quantitative estimate of drug-likeness (QED) is 0.700. The molecule has 1 aromatic heterocycles. The SMILES string of the molecule is C[C@H]1CCCCN1c1ncccc1C#N. The van der Waals surface area contributed by atoms with Crippen LogP contribution in [0.15, 0.2) is 18.3 Å². The summed E-state index contributed by atoms with van der Waals surface area (Å²) in [5.74, 6) is 0.854. The normalized spacial score (nSPS) is 21.1. The summed E-state index contributed by atoms with van der Waals surface area (Å²) >= 11 is 0. The molecule has 0 unspecified atom stereocenters. The lowest BCUT2D eigenvalue weighted by Gasteiger charge is -2.34. The van der Waals surface area contributed by atoms with E-state index in [0.717, 1.165) is 12.4 Å². The third-order valence-electron chi connectivity index (χ3n) is 2.98. The van der Waals surface area contributed by atoms with Gasteiger partial charge in [-0.15, -0.1) is 0 Å². The van der Waals surface area contributed by atoms with Gasteiger partial charge in [0.25, 0.3) is 0 Å². The number of hydrogen-bond acceptors (Lipinski definition) is 3. The molecule has 0 aliphatic carbocycles. The highest BCUT2D eigenvalue weighted by Gasteiger charge is 2.21. The fraction of sp³-hybridized carbons (Fsp3) is 0.500. The maximum atomic E-state index is 9.02. The van der Waals surface area contributed by atoms with E-state index in [1.54, 1.807) is 6.20 Å². The minimum absolute atomic E-state index is 0.501. The van der Waals surface area contributed by atoms with Crippen LogP contribution in [0, 0.1) is 11.3 Å². The molecule has 0 amide bonds. The topological polar surface area (TPSA) is 39.9 Å². The van der Waals surface area contributed by atoms with Crippen molar-refractivity contribution < 1.29 is 0 Å². The summed E-state index contributed by atoms with van der Waals surface area (Å²) in [6, 6.07) is 6.36. The van der Waals surface area contributed by atoms with Crippen molar-refractivity contribution in [1.29, 1.82) is 5.26 Å². The molecular weight excluding hydrogens is 186 g/mol. The first-order chi connectivity index (χ1) is 7.33. The van der Waals surface area contributed by atoms with Crippen molar-refractivity contribution in [2.45, 2.75) is 32.2 Å². The Hall–Kier alpha value is -1.56. The molecule has 15 heavy (non-hydrogen) atoms. The van der Waals surface area contributed by atoms with Gasteiger partial charge in [0.2, 0.25) is 0 Å². The zero-order valence-electron chi connectivity index (χ0n) is 8.98. The largest absolute Gasteiger partial charge is 0.353 e. The first-order valence-corrected chi connectivity index (χ1v) is 5.44. The molecule has 2 heterocycles. The van der Waals surface area contributed by atoms with E-state index in [4.69, 9.17) is 5.26 Å². The molecule has 0 aromatic carbocycles. The van der Waals surface area contributed by atoms with Crippen molar-refractivity contribution >= 4 is 5.82 Å². The number of anilines is 1. The molecule has 1 aromatic rings. The predicted molar refractivity (Wildman–Crippen MR) is 59.6 cm³/mol. The number of hydrogen-bond donors (Lipinski definition) is 0. The van der Waals surface area contributed by atoms with Crippen LogP contribution < -0.4 is 4.90 Å². The minimum atomic E-state index is 0.501. The van der Waals surface area contributed by atoms with Gasteiger partial charge < -0.3 is 4.90 Å². The maximum Gasteiger partial charge on any atom is 0.146 e. The number of rotatable bonds is 1. The Morgan fingerprint density at radius 2 is 2.40 bits per heavy atom. The number of pyridine rings is 1. The number of piperidine rings is 1. The second-order valence-corrected chi connectivity index (χ2v) is 4.02. The summed E-state index contributed by atoms with van der Waals surface area (Å²) in [5, 5.41) is 9.02. The molecule has 1 aliphatic heterocycles. The molecule has 3 nitrogen and oxygen atoms in total. The Bertz CT molecular complexity index is 381. The van der Waals surface area contributed by atoms with Crippen molar-refractivity contribution in [3.05, 3.63) is 23.9 Å². The summed E-state index contributed by atoms with van der Waals surface area (Å²) in [4.78, 5) is 6.58. The van der Waals surface area contributed by atoms with E-state index < -0.39 is 0 Å².